The number of nitrogens with one attached hydrogen (secondary N) is 2. The van der Waals surface area contributed by atoms with Crippen LogP contribution >= 0.6 is 0 Å². The molecular weight excluding hydrogens is 278 g/mol. The van der Waals surface area contributed by atoms with Crippen molar-refractivity contribution < 1.29 is 9.15 Å². The van der Waals surface area contributed by atoms with Crippen molar-refractivity contribution in [2.45, 2.75) is 13.0 Å². The van der Waals surface area contributed by atoms with Crippen molar-refractivity contribution in [2.75, 3.05) is 19.8 Å². The van der Waals surface area contributed by atoms with Crippen LogP contribution in [0, 0.1) is 5.92 Å². The molecule has 1 aliphatic rings. The standard InChI is InChI=1S/C17H19N3O2/c1-2-4-15-13(3-1)7-16(22-15)17-14(10-19-20-17)9-18-8-12-5-6-21-11-12/h1-4,7,10,12,18H,5-6,8-9,11H2,(H,19,20)/t12-/m1/s1. The average molecular weight is 297 g/mol. The maximum atomic E-state index is 5.91. The van der Waals surface area contributed by atoms with Crippen molar-refractivity contribution in [3.63, 3.8) is 0 Å². The van der Waals surface area contributed by atoms with E-state index in [0.717, 1.165) is 60.7 Å². The smallest absolute Gasteiger partial charge is 0.153 e. The summed E-state index contributed by atoms with van der Waals surface area (Å²) in [4.78, 5) is 0. The molecule has 0 saturated carbocycles. The van der Waals surface area contributed by atoms with Gasteiger partial charge in [-0.15, -0.1) is 0 Å². The lowest BCUT2D eigenvalue weighted by molar-refractivity contribution is 0.185. The fourth-order valence-electron chi connectivity index (χ4n) is 2.92. The van der Waals surface area contributed by atoms with E-state index in [1.807, 2.05) is 24.4 Å². The third kappa shape index (κ3) is 2.65. The van der Waals surface area contributed by atoms with Crippen LogP contribution in [0.2, 0.25) is 0 Å². The van der Waals surface area contributed by atoms with Gasteiger partial charge in [0.2, 0.25) is 0 Å². The van der Waals surface area contributed by atoms with Crippen LogP contribution in [0.1, 0.15) is 12.0 Å². The Hall–Kier alpha value is -2.11. The summed E-state index contributed by atoms with van der Waals surface area (Å²) >= 11 is 0. The second kappa shape index (κ2) is 5.94. The first-order valence-corrected chi connectivity index (χ1v) is 7.70. The third-order valence-electron chi connectivity index (χ3n) is 4.16. The van der Waals surface area contributed by atoms with Crippen molar-refractivity contribution in [1.29, 1.82) is 0 Å². The van der Waals surface area contributed by atoms with E-state index < -0.39 is 0 Å². The zero-order chi connectivity index (χ0) is 14.8. The van der Waals surface area contributed by atoms with Crippen LogP contribution in [0.3, 0.4) is 0 Å². The SMILES string of the molecule is c1ccc2oc(-c3[nH]ncc3CNC[C@H]3CCOC3)cc2c1. The molecule has 2 N–H and O–H groups in total. The van der Waals surface area contributed by atoms with Crippen LogP contribution in [0.5, 0.6) is 0 Å². The Bertz CT molecular complexity index is 723. The predicted molar refractivity (Wildman–Crippen MR) is 84.4 cm³/mol. The molecule has 0 spiro atoms. The quantitative estimate of drug-likeness (QED) is 0.760. The highest BCUT2D eigenvalue weighted by Gasteiger charge is 2.16. The Morgan fingerprint density at radius 1 is 1.32 bits per heavy atom. The lowest BCUT2D eigenvalue weighted by Crippen LogP contribution is -2.22. The van der Waals surface area contributed by atoms with Crippen LogP contribution in [0.15, 0.2) is 40.9 Å². The summed E-state index contributed by atoms with van der Waals surface area (Å²) < 4.78 is 11.3. The first-order chi connectivity index (χ1) is 10.9. The molecule has 5 nitrogen and oxygen atoms in total. The summed E-state index contributed by atoms with van der Waals surface area (Å²) in [5.74, 6) is 1.46. The Balaban J connectivity index is 1.49. The predicted octanol–water partition coefficient (Wildman–Crippen LogP) is 2.95. The van der Waals surface area contributed by atoms with Crippen molar-refractivity contribution >= 4 is 11.0 Å². The van der Waals surface area contributed by atoms with Crippen LogP contribution in [-0.4, -0.2) is 30.0 Å². The highest BCUT2D eigenvalue weighted by Crippen LogP contribution is 2.28. The third-order valence-corrected chi connectivity index (χ3v) is 4.16. The fraction of sp³-hybridized carbons (Fsp3) is 0.353. The first kappa shape index (κ1) is 13.5. The molecular formula is C17H19N3O2. The topological polar surface area (TPSA) is 63.1 Å². The molecule has 0 unspecified atom stereocenters. The molecule has 2 aromatic heterocycles. The van der Waals surface area contributed by atoms with Gasteiger partial charge in [0.25, 0.3) is 0 Å². The number of aromatic amines is 1. The van der Waals surface area contributed by atoms with Gasteiger partial charge in [-0.05, 0) is 24.5 Å². The Morgan fingerprint density at radius 3 is 3.14 bits per heavy atom. The minimum absolute atomic E-state index is 0.626. The number of H-pyrrole nitrogens is 1. The summed E-state index contributed by atoms with van der Waals surface area (Å²) in [7, 11) is 0. The fourth-order valence-corrected chi connectivity index (χ4v) is 2.92. The monoisotopic (exact) mass is 297 g/mol. The summed E-state index contributed by atoms with van der Waals surface area (Å²) in [5, 5.41) is 11.8. The number of fused-ring (bicyclic) bond motifs is 1. The van der Waals surface area contributed by atoms with Crippen molar-refractivity contribution in [2.24, 2.45) is 5.92 Å². The van der Waals surface area contributed by atoms with Crippen LogP contribution in [-0.2, 0) is 11.3 Å². The highest BCUT2D eigenvalue weighted by molar-refractivity contribution is 5.82. The zero-order valence-corrected chi connectivity index (χ0v) is 12.3. The molecule has 0 bridgehead atoms. The van der Waals surface area contributed by atoms with Crippen LogP contribution in [0.4, 0.5) is 0 Å². The van der Waals surface area contributed by atoms with Gasteiger partial charge in [0, 0.05) is 30.6 Å². The molecule has 3 aromatic rings. The summed E-state index contributed by atoms with van der Waals surface area (Å²) in [5.41, 5.74) is 2.97. The minimum Gasteiger partial charge on any atom is -0.454 e. The van der Waals surface area contributed by atoms with Gasteiger partial charge >= 0.3 is 0 Å². The van der Waals surface area contributed by atoms with Crippen LogP contribution < -0.4 is 5.32 Å². The van der Waals surface area contributed by atoms with E-state index in [1.54, 1.807) is 0 Å². The molecule has 0 amide bonds. The number of hydrogen-bond acceptors (Lipinski definition) is 4. The summed E-state index contributed by atoms with van der Waals surface area (Å²) in [6.07, 6.45) is 3.01. The summed E-state index contributed by atoms with van der Waals surface area (Å²) in [6, 6.07) is 10.1. The molecule has 22 heavy (non-hydrogen) atoms. The zero-order valence-electron chi connectivity index (χ0n) is 12.3. The molecule has 4 rings (SSSR count). The minimum atomic E-state index is 0.626. The number of furan rings is 1. The number of aromatic nitrogens is 2. The normalized spacial score (nSPS) is 18.3. The molecule has 1 atom stereocenters. The number of rotatable bonds is 5. The molecule has 1 aromatic carbocycles. The second-order valence-corrected chi connectivity index (χ2v) is 5.78. The number of para-hydroxylation sites is 1. The van der Waals surface area contributed by atoms with Gasteiger partial charge in [-0.3, -0.25) is 5.10 Å². The number of hydrogen-bond donors (Lipinski definition) is 2. The van der Waals surface area contributed by atoms with Crippen molar-refractivity contribution in [3.8, 4) is 11.5 Å². The van der Waals surface area contributed by atoms with E-state index in [1.165, 1.54) is 0 Å². The van der Waals surface area contributed by atoms with E-state index in [2.05, 4.69) is 27.6 Å². The molecule has 0 radical (unpaired) electrons. The van der Waals surface area contributed by atoms with Gasteiger partial charge in [-0.2, -0.15) is 5.10 Å². The average Bonchev–Trinajstić information content (AvgIpc) is 3.27. The van der Waals surface area contributed by atoms with E-state index in [-0.39, 0.29) is 0 Å². The molecule has 1 aliphatic heterocycles. The molecule has 0 aliphatic carbocycles. The molecule has 114 valence electrons. The van der Waals surface area contributed by atoms with Gasteiger partial charge in [0.05, 0.1) is 12.8 Å². The van der Waals surface area contributed by atoms with E-state index in [0.29, 0.717) is 5.92 Å². The molecule has 3 heterocycles. The Kier molecular flexibility index (Phi) is 3.66. The Labute approximate surface area is 128 Å². The van der Waals surface area contributed by atoms with Crippen LogP contribution in [0.25, 0.3) is 22.4 Å². The van der Waals surface area contributed by atoms with Crippen molar-refractivity contribution in [3.05, 3.63) is 42.1 Å². The molecule has 5 heteroatoms. The van der Waals surface area contributed by atoms with Gasteiger partial charge in [0.15, 0.2) is 5.76 Å². The lowest BCUT2D eigenvalue weighted by atomic mass is 10.1. The van der Waals surface area contributed by atoms with Gasteiger partial charge < -0.3 is 14.5 Å². The van der Waals surface area contributed by atoms with E-state index in [9.17, 15) is 0 Å². The first-order valence-electron chi connectivity index (χ1n) is 7.70. The molecule has 1 saturated heterocycles. The number of benzene rings is 1. The number of nitrogens with zero attached hydrogens (tertiary/aromatic N) is 1. The second-order valence-electron chi connectivity index (χ2n) is 5.78. The lowest BCUT2D eigenvalue weighted by Gasteiger charge is -2.08. The van der Waals surface area contributed by atoms with E-state index in [4.69, 9.17) is 9.15 Å². The largest absolute Gasteiger partial charge is 0.454 e. The van der Waals surface area contributed by atoms with Gasteiger partial charge in [-0.25, -0.2) is 0 Å². The van der Waals surface area contributed by atoms with Gasteiger partial charge in [-0.1, -0.05) is 18.2 Å². The maximum absolute atomic E-state index is 5.91. The van der Waals surface area contributed by atoms with Crippen molar-refractivity contribution in [1.82, 2.24) is 15.5 Å². The summed E-state index contributed by atoms with van der Waals surface area (Å²) in [6.45, 7) is 3.52. The highest BCUT2D eigenvalue weighted by atomic mass is 16.5. The Morgan fingerprint density at radius 2 is 2.27 bits per heavy atom. The molecule has 1 fully saturated rings. The van der Waals surface area contributed by atoms with Gasteiger partial charge in [0.1, 0.15) is 11.3 Å². The maximum Gasteiger partial charge on any atom is 0.153 e. The number of ether oxygens (including phenoxy) is 1. The van der Waals surface area contributed by atoms with E-state index >= 15 is 0 Å².